The molecular formula is C21H21Cl2N3O3. The Morgan fingerprint density at radius 3 is 2.86 bits per heavy atom. The third kappa shape index (κ3) is 4.90. The van der Waals surface area contributed by atoms with Gasteiger partial charge in [0.15, 0.2) is 0 Å². The molecule has 152 valence electrons. The maximum Gasteiger partial charge on any atom is 0.246 e. The molecule has 2 N–H and O–H groups in total. The van der Waals surface area contributed by atoms with Gasteiger partial charge in [-0.05, 0) is 29.8 Å². The number of carbonyl (C=O) groups excluding carboxylic acids is 1. The van der Waals surface area contributed by atoms with Crippen molar-refractivity contribution in [3.05, 3.63) is 63.6 Å². The van der Waals surface area contributed by atoms with Gasteiger partial charge in [0.2, 0.25) is 5.91 Å². The van der Waals surface area contributed by atoms with E-state index >= 15 is 0 Å². The van der Waals surface area contributed by atoms with Crippen molar-refractivity contribution >= 4 is 34.8 Å². The summed E-state index contributed by atoms with van der Waals surface area (Å²) in [4.78, 5) is 11.4. The maximum absolute atomic E-state index is 11.4. The summed E-state index contributed by atoms with van der Waals surface area (Å²) < 4.78 is 12.2. The molecule has 2 aliphatic rings. The van der Waals surface area contributed by atoms with E-state index < -0.39 is 0 Å². The van der Waals surface area contributed by atoms with Crippen molar-refractivity contribution in [1.29, 1.82) is 0 Å². The van der Waals surface area contributed by atoms with E-state index in [-0.39, 0.29) is 24.3 Å². The molecule has 2 atom stereocenters. The summed E-state index contributed by atoms with van der Waals surface area (Å²) in [6, 6.07) is 13.2. The molecular weight excluding hydrogens is 413 g/mol. The first-order chi connectivity index (χ1) is 14.1. The van der Waals surface area contributed by atoms with Crippen LogP contribution in [0.4, 0.5) is 0 Å². The number of benzene rings is 2. The van der Waals surface area contributed by atoms with Crippen LogP contribution in [0.3, 0.4) is 0 Å². The molecule has 0 radical (unpaired) electrons. The lowest BCUT2D eigenvalue weighted by Crippen LogP contribution is -2.29. The predicted molar refractivity (Wildman–Crippen MR) is 113 cm³/mol. The third-order valence-corrected chi connectivity index (χ3v) is 5.70. The van der Waals surface area contributed by atoms with E-state index in [0.717, 1.165) is 30.0 Å². The smallest absolute Gasteiger partial charge is 0.246 e. The van der Waals surface area contributed by atoms with E-state index in [1.807, 2.05) is 36.4 Å². The van der Waals surface area contributed by atoms with Crippen LogP contribution in [-0.2, 0) is 9.53 Å². The van der Waals surface area contributed by atoms with Gasteiger partial charge in [-0.15, -0.1) is 0 Å². The van der Waals surface area contributed by atoms with Crippen molar-refractivity contribution in [2.45, 2.75) is 12.5 Å². The highest BCUT2D eigenvalue weighted by molar-refractivity contribution is 6.42. The molecule has 2 aliphatic heterocycles. The number of amides is 1. The van der Waals surface area contributed by atoms with Crippen molar-refractivity contribution in [3.8, 4) is 5.75 Å². The summed E-state index contributed by atoms with van der Waals surface area (Å²) in [5.41, 5.74) is 5.04. The first kappa shape index (κ1) is 20.2. The number of hydrogen-bond donors (Lipinski definition) is 2. The molecule has 0 saturated carbocycles. The van der Waals surface area contributed by atoms with Crippen molar-refractivity contribution < 1.29 is 14.3 Å². The largest absolute Gasteiger partial charge is 0.493 e. The van der Waals surface area contributed by atoms with Crippen LogP contribution in [0.25, 0.3) is 0 Å². The number of hydrogen-bond acceptors (Lipinski definition) is 5. The number of nitrogens with one attached hydrogen (secondary N) is 2. The molecule has 8 heteroatoms. The van der Waals surface area contributed by atoms with Crippen molar-refractivity contribution in [2.24, 2.45) is 11.0 Å². The summed E-state index contributed by atoms with van der Waals surface area (Å²) in [7, 11) is 0. The zero-order valence-electron chi connectivity index (χ0n) is 15.7. The molecule has 29 heavy (non-hydrogen) atoms. The SMILES string of the molecule is O=C1CC(c2cccc(OC[C@@H]3CNCCO[C@H]3c3ccc(Cl)c(Cl)c3)c2)=NN1. The van der Waals surface area contributed by atoms with E-state index in [2.05, 4.69) is 15.8 Å². The van der Waals surface area contributed by atoms with Gasteiger partial charge in [0.05, 0.1) is 41.5 Å². The van der Waals surface area contributed by atoms with E-state index in [0.29, 0.717) is 29.0 Å². The monoisotopic (exact) mass is 433 g/mol. The molecule has 0 spiro atoms. The molecule has 2 aromatic carbocycles. The van der Waals surface area contributed by atoms with E-state index in [1.165, 1.54) is 0 Å². The first-order valence-corrected chi connectivity index (χ1v) is 10.2. The van der Waals surface area contributed by atoms with Gasteiger partial charge in [-0.25, -0.2) is 5.43 Å². The molecule has 0 bridgehead atoms. The Bertz CT molecular complexity index is 935. The third-order valence-electron chi connectivity index (χ3n) is 4.96. The highest BCUT2D eigenvalue weighted by atomic mass is 35.5. The van der Waals surface area contributed by atoms with Crippen molar-refractivity contribution in [3.63, 3.8) is 0 Å². The van der Waals surface area contributed by atoms with Crippen LogP contribution in [0.15, 0.2) is 47.6 Å². The molecule has 0 aromatic heterocycles. The second kappa shape index (κ2) is 9.13. The summed E-state index contributed by atoms with van der Waals surface area (Å²) in [5, 5.41) is 8.49. The Morgan fingerprint density at radius 1 is 1.17 bits per heavy atom. The number of rotatable bonds is 5. The van der Waals surface area contributed by atoms with Crippen LogP contribution >= 0.6 is 23.2 Å². The summed E-state index contributed by atoms with van der Waals surface area (Å²) in [6.45, 7) is 2.61. The van der Waals surface area contributed by atoms with Gasteiger partial charge in [0.1, 0.15) is 5.75 Å². The molecule has 4 rings (SSSR count). The fraction of sp³-hybridized carbons (Fsp3) is 0.333. The zero-order chi connectivity index (χ0) is 20.2. The van der Waals surface area contributed by atoms with Gasteiger partial charge < -0.3 is 14.8 Å². The standard InChI is InChI=1S/C21H21Cl2N3O3/c22-17-5-4-14(9-18(17)23)21-15(11-24-6-7-28-21)12-29-16-3-1-2-13(8-16)19-10-20(27)26-25-19/h1-5,8-9,15,21,24H,6-7,10-12H2,(H,26,27)/t15-,21-/m0/s1. The van der Waals surface area contributed by atoms with Gasteiger partial charge in [0, 0.05) is 24.6 Å². The molecule has 1 fully saturated rings. The van der Waals surface area contributed by atoms with Gasteiger partial charge in [-0.2, -0.15) is 5.10 Å². The molecule has 0 unspecified atom stereocenters. The summed E-state index contributed by atoms with van der Waals surface area (Å²) in [5.74, 6) is 0.713. The lowest BCUT2D eigenvalue weighted by atomic mass is 9.96. The van der Waals surface area contributed by atoms with Gasteiger partial charge in [-0.1, -0.05) is 41.4 Å². The zero-order valence-corrected chi connectivity index (χ0v) is 17.2. The van der Waals surface area contributed by atoms with Crippen LogP contribution < -0.4 is 15.5 Å². The average molecular weight is 434 g/mol. The lowest BCUT2D eigenvalue weighted by molar-refractivity contribution is -0.119. The second-order valence-electron chi connectivity index (χ2n) is 7.04. The Hall–Kier alpha value is -2.12. The summed E-state index contributed by atoms with van der Waals surface area (Å²) in [6.07, 6.45) is 0.132. The van der Waals surface area contributed by atoms with E-state index in [4.69, 9.17) is 32.7 Å². The van der Waals surface area contributed by atoms with Gasteiger partial charge >= 0.3 is 0 Å². The fourth-order valence-electron chi connectivity index (χ4n) is 3.49. The Labute approximate surface area is 179 Å². The minimum absolute atomic E-state index is 0.0884. The van der Waals surface area contributed by atoms with Crippen LogP contribution in [-0.4, -0.2) is 37.9 Å². The Balaban J connectivity index is 1.48. The van der Waals surface area contributed by atoms with Crippen LogP contribution in [0.5, 0.6) is 5.75 Å². The second-order valence-corrected chi connectivity index (χ2v) is 7.85. The number of nitrogens with zero attached hydrogens (tertiary/aromatic N) is 1. The number of carbonyl (C=O) groups is 1. The van der Waals surface area contributed by atoms with Gasteiger partial charge in [-0.3, -0.25) is 4.79 Å². The number of ether oxygens (including phenoxy) is 2. The first-order valence-electron chi connectivity index (χ1n) is 9.46. The normalized spacial score (nSPS) is 22.0. The van der Waals surface area contributed by atoms with Crippen molar-refractivity contribution in [1.82, 2.24) is 10.7 Å². The molecule has 1 saturated heterocycles. The van der Waals surface area contributed by atoms with Crippen LogP contribution in [0.1, 0.15) is 23.7 Å². The van der Waals surface area contributed by atoms with Gasteiger partial charge in [0.25, 0.3) is 0 Å². The highest BCUT2D eigenvalue weighted by Crippen LogP contribution is 2.32. The average Bonchev–Trinajstić information content (AvgIpc) is 3.02. The predicted octanol–water partition coefficient (Wildman–Crippen LogP) is 3.57. The Morgan fingerprint density at radius 2 is 2.07 bits per heavy atom. The lowest BCUT2D eigenvalue weighted by Gasteiger charge is -2.25. The molecule has 1 amide bonds. The quantitative estimate of drug-likeness (QED) is 0.755. The molecule has 2 heterocycles. The minimum Gasteiger partial charge on any atom is -0.493 e. The van der Waals surface area contributed by atoms with Crippen molar-refractivity contribution in [2.75, 3.05) is 26.3 Å². The number of hydrazone groups is 1. The fourth-order valence-corrected chi connectivity index (χ4v) is 3.80. The Kier molecular flexibility index (Phi) is 6.35. The number of halogens is 2. The molecule has 2 aromatic rings. The van der Waals surface area contributed by atoms with E-state index in [1.54, 1.807) is 6.07 Å². The molecule has 6 nitrogen and oxygen atoms in total. The van der Waals surface area contributed by atoms with Crippen LogP contribution in [0, 0.1) is 5.92 Å². The van der Waals surface area contributed by atoms with E-state index in [9.17, 15) is 4.79 Å². The topological polar surface area (TPSA) is 72.0 Å². The molecule has 0 aliphatic carbocycles. The minimum atomic E-state index is -0.149. The summed E-state index contributed by atoms with van der Waals surface area (Å²) >= 11 is 12.3. The highest BCUT2D eigenvalue weighted by Gasteiger charge is 2.27. The maximum atomic E-state index is 11.4. The van der Waals surface area contributed by atoms with Crippen LogP contribution in [0.2, 0.25) is 10.0 Å².